The molecule has 3 rings (SSSR count). The summed E-state index contributed by atoms with van der Waals surface area (Å²) in [5.41, 5.74) is 5.37. The molecule has 0 aliphatic heterocycles. The number of hydrazine groups is 1. The highest BCUT2D eigenvalue weighted by atomic mass is 16.2. The van der Waals surface area contributed by atoms with E-state index in [4.69, 9.17) is 0 Å². The van der Waals surface area contributed by atoms with Gasteiger partial charge in [-0.25, -0.2) is 0 Å². The molecule has 4 heteroatoms. The van der Waals surface area contributed by atoms with Crippen molar-refractivity contribution < 1.29 is 4.79 Å². The lowest BCUT2D eigenvalue weighted by molar-refractivity contribution is 0.0945. The third-order valence-electron chi connectivity index (χ3n) is 3.42. The SMILES string of the molecule is Cn1cccc1C(=O)NN(c1ccccc1)c1ccccc1. The summed E-state index contributed by atoms with van der Waals surface area (Å²) in [6.07, 6.45) is 1.85. The van der Waals surface area contributed by atoms with E-state index in [1.165, 1.54) is 0 Å². The maximum absolute atomic E-state index is 12.5. The van der Waals surface area contributed by atoms with E-state index >= 15 is 0 Å². The van der Waals surface area contributed by atoms with Crippen LogP contribution >= 0.6 is 0 Å². The summed E-state index contributed by atoms with van der Waals surface area (Å²) in [6, 6.07) is 23.2. The fraction of sp³-hybridized carbons (Fsp3) is 0.0556. The van der Waals surface area contributed by atoms with Gasteiger partial charge in [0.2, 0.25) is 0 Å². The molecule has 1 N–H and O–H groups in total. The number of nitrogens with one attached hydrogen (secondary N) is 1. The van der Waals surface area contributed by atoms with Crippen molar-refractivity contribution in [2.24, 2.45) is 7.05 Å². The Morgan fingerprint density at radius 1 is 0.864 bits per heavy atom. The van der Waals surface area contributed by atoms with E-state index in [0.29, 0.717) is 5.69 Å². The van der Waals surface area contributed by atoms with Gasteiger partial charge in [-0.15, -0.1) is 0 Å². The molecule has 0 saturated heterocycles. The quantitative estimate of drug-likeness (QED) is 0.747. The van der Waals surface area contributed by atoms with Gasteiger partial charge in [-0.2, -0.15) is 0 Å². The molecule has 0 saturated carbocycles. The van der Waals surface area contributed by atoms with E-state index in [2.05, 4.69) is 5.43 Å². The van der Waals surface area contributed by atoms with Gasteiger partial charge in [0.05, 0.1) is 11.4 Å². The Labute approximate surface area is 129 Å². The van der Waals surface area contributed by atoms with Gasteiger partial charge in [-0.3, -0.25) is 15.2 Å². The van der Waals surface area contributed by atoms with E-state index in [1.54, 1.807) is 15.6 Å². The molecule has 1 heterocycles. The average molecular weight is 291 g/mol. The Kier molecular flexibility index (Phi) is 3.92. The van der Waals surface area contributed by atoms with Crippen LogP contribution in [0.5, 0.6) is 0 Å². The zero-order chi connectivity index (χ0) is 15.4. The van der Waals surface area contributed by atoms with Gasteiger partial charge in [0.15, 0.2) is 0 Å². The molecule has 4 nitrogen and oxygen atoms in total. The second-order valence-electron chi connectivity index (χ2n) is 4.95. The number of para-hydroxylation sites is 2. The lowest BCUT2D eigenvalue weighted by atomic mass is 10.2. The molecule has 0 bridgehead atoms. The number of aromatic nitrogens is 1. The Balaban J connectivity index is 1.93. The largest absolute Gasteiger partial charge is 0.347 e. The Morgan fingerprint density at radius 2 is 1.41 bits per heavy atom. The molecule has 0 aliphatic carbocycles. The van der Waals surface area contributed by atoms with Crippen LogP contribution < -0.4 is 10.4 Å². The van der Waals surface area contributed by atoms with E-state index in [-0.39, 0.29) is 5.91 Å². The summed E-state index contributed by atoms with van der Waals surface area (Å²) in [5.74, 6) is -0.153. The predicted molar refractivity (Wildman–Crippen MR) is 87.9 cm³/mol. The van der Waals surface area contributed by atoms with Crippen molar-refractivity contribution in [2.75, 3.05) is 5.01 Å². The summed E-state index contributed by atoms with van der Waals surface area (Å²) in [6.45, 7) is 0. The van der Waals surface area contributed by atoms with Crippen LogP contribution in [-0.2, 0) is 7.05 Å². The summed E-state index contributed by atoms with van der Waals surface area (Å²) in [7, 11) is 1.85. The van der Waals surface area contributed by atoms with E-state index in [1.807, 2.05) is 80.0 Å². The molecule has 0 unspecified atom stereocenters. The predicted octanol–water partition coefficient (Wildman–Crippen LogP) is 3.51. The number of carbonyl (C=O) groups is 1. The topological polar surface area (TPSA) is 37.3 Å². The first-order valence-electron chi connectivity index (χ1n) is 7.08. The first-order valence-corrected chi connectivity index (χ1v) is 7.08. The van der Waals surface area contributed by atoms with Gasteiger partial charge >= 0.3 is 0 Å². The number of hydrogen-bond donors (Lipinski definition) is 1. The number of hydrogen-bond acceptors (Lipinski definition) is 2. The summed E-state index contributed by atoms with van der Waals surface area (Å²) >= 11 is 0. The molecule has 0 fully saturated rings. The molecule has 3 aromatic rings. The summed E-state index contributed by atoms with van der Waals surface area (Å²) in [4.78, 5) is 12.5. The van der Waals surface area contributed by atoms with Crippen molar-refractivity contribution in [3.05, 3.63) is 84.7 Å². The first kappa shape index (κ1) is 13.9. The molecule has 0 spiro atoms. The monoisotopic (exact) mass is 291 g/mol. The molecule has 22 heavy (non-hydrogen) atoms. The molecule has 0 aliphatic rings. The van der Waals surface area contributed by atoms with Gasteiger partial charge in [-0.1, -0.05) is 36.4 Å². The number of benzene rings is 2. The van der Waals surface area contributed by atoms with Crippen LogP contribution in [0, 0.1) is 0 Å². The molecule has 110 valence electrons. The van der Waals surface area contributed by atoms with Crippen molar-refractivity contribution in [2.45, 2.75) is 0 Å². The second-order valence-corrected chi connectivity index (χ2v) is 4.95. The van der Waals surface area contributed by atoms with Crippen LogP contribution in [0.2, 0.25) is 0 Å². The fourth-order valence-electron chi connectivity index (χ4n) is 2.29. The summed E-state index contributed by atoms with van der Waals surface area (Å²) in [5, 5.41) is 1.79. The van der Waals surface area contributed by atoms with Crippen LogP contribution in [0.15, 0.2) is 79.0 Å². The number of anilines is 2. The van der Waals surface area contributed by atoms with Crippen molar-refractivity contribution in [3.63, 3.8) is 0 Å². The Morgan fingerprint density at radius 3 is 1.86 bits per heavy atom. The van der Waals surface area contributed by atoms with Crippen molar-refractivity contribution >= 4 is 17.3 Å². The van der Waals surface area contributed by atoms with Gasteiger partial charge in [0.1, 0.15) is 5.69 Å². The van der Waals surface area contributed by atoms with Crippen LogP contribution in [-0.4, -0.2) is 10.5 Å². The van der Waals surface area contributed by atoms with Crippen LogP contribution in [0.1, 0.15) is 10.5 Å². The fourth-order valence-corrected chi connectivity index (χ4v) is 2.29. The van der Waals surface area contributed by atoms with Gasteiger partial charge < -0.3 is 4.57 Å². The molecular formula is C18H17N3O. The summed E-state index contributed by atoms with van der Waals surface area (Å²) < 4.78 is 1.80. The lowest BCUT2D eigenvalue weighted by Gasteiger charge is -2.25. The minimum Gasteiger partial charge on any atom is -0.347 e. The average Bonchev–Trinajstić information content (AvgIpc) is 3.00. The van der Waals surface area contributed by atoms with Crippen LogP contribution in [0.4, 0.5) is 11.4 Å². The Hall–Kier alpha value is -3.01. The Bertz CT molecular complexity index is 711. The number of aryl methyl sites for hydroxylation is 1. The third kappa shape index (κ3) is 2.86. The van der Waals surface area contributed by atoms with E-state index in [9.17, 15) is 4.79 Å². The standard InChI is InChI=1S/C18H17N3O/c1-20-14-8-13-17(20)18(22)19-21(15-9-4-2-5-10-15)16-11-6-3-7-12-16/h2-14H,1H3,(H,19,22). The molecule has 1 aromatic heterocycles. The second kappa shape index (κ2) is 6.18. The lowest BCUT2D eigenvalue weighted by Crippen LogP contribution is -2.39. The van der Waals surface area contributed by atoms with Gasteiger partial charge in [0, 0.05) is 13.2 Å². The maximum atomic E-state index is 12.5. The normalized spacial score (nSPS) is 10.2. The van der Waals surface area contributed by atoms with E-state index < -0.39 is 0 Å². The minimum atomic E-state index is -0.153. The molecule has 1 amide bonds. The smallest absolute Gasteiger partial charge is 0.286 e. The molecule has 0 atom stereocenters. The first-order chi connectivity index (χ1) is 10.8. The molecule has 2 aromatic carbocycles. The van der Waals surface area contributed by atoms with Crippen molar-refractivity contribution in [1.82, 2.24) is 9.99 Å². The number of carbonyl (C=O) groups excluding carboxylic acids is 1. The highest BCUT2D eigenvalue weighted by molar-refractivity contribution is 5.94. The van der Waals surface area contributed by atoms with Crippen LogP contribution in [0.3, 0.4) is 0 Å². The van der Waals surface area contributed by atoms with Gasteiger partial charge in [-0.05, 0) is 36.4 Å². The highest BCUT2D eigenvalue weighted by Crippen LogP contribution is 2.22. The zero-order valence-corrected chi connectivity index (χ0v) is 12.3. The number of nitrogens with zero attached hydrogens (tertiary/aromatic N) is 2. The van der Waals surface area contributed by atoms with Gasteiger partial charge in [0.25, 0.3) is 5.91 Å². The molecule has 0 radical (unpaired) electrons. The maximum Gasteiger partial charge on any atom is 0.286 e. The zero-order valence-electron chi connectivity index (χ0n) is 12.3. The third-order valence-corrected chi connectivity index (χ3v) is 3.42. The molecular weight excluding hydrogens is 274 g/mol. The minimum absolute atomic E-state index is 0.153. The number of amides is 1. The van der Waals surface area contributed by atoms with Crippen molar-refractivity contribution in [1.29, 1.82) is 0 Å². The number of rotatable bonds is 4. The van der Waals surface area contributed by atoms with Crippen molar-refractivity contribution in [3.8, 4) is 0 Å². The van der Waals surface area contributed by atoms with Crippen LogP contribution in [0.25, 0.3) is 0 Å². The van der Waals surface area contributed by atoms with E-state index in [0.717, 1.165) is 11.4 Å². The highest BCUT2D eigenvalue weighted by Gasteiger charge is 2.15.